The maximum atomic E-state index is 11.5. The number of carbonyl (C=O) groups excluding carboxylic acids is 2. The average molecular weight is 284 g/mol. The van der Waals surface area contributed by atoms with Crippen LogP contribution >= 0.6 is 15.9 Å². The van der Waals surface area contributed by atoms with Gasteiger partial charge in [-0.2, -0.15) is 0 Å². The molecule has 0 aromatic heterocycles. The standard InChI is InChI=1S/C10H6BrNO4/c1-12-7-5(8(13)9(12)14)2-4(11)3-6(7)10(15)16/h2-3H,1H3,(H,15,16). The van der Waals surface area contributed by atoms with Crippen LogP contribution in [0.1, 0.15) is 20.7 Å². The summed E-state index contributed by atoms with van der Waals surface area (Å²) >= 11 is 3.11. The second-order valence-corrected chi connectivity index (χ2v) is 4.26. The van der Waals surface area contributed by atoms with Gasteiger partial charge in [0.2, 0.25) is 0 Å². The number of halogens is 1. The molecule has 1 N–H and O–H groups in total. The number of ketones is 1. The largest absolute Gasteiger partial charge is 0.478 e. The molecule has 0 radical (unpaired) electrons. The van der Waals surface area contributed by atoms with Crippen LogP contribution in [-0.2, 0) is 4.79 Å². The number of carboxylic acids is 1. The molecule has 0 unspecified atom stereocenters. The summed E-state index contributed by atoms with van der Waals surface area (Å²) in [5, 5.41) is 8.99. The van der Waals surface area contributed by atoms with Crippen molar-refractivity contribution in [3.8, 4) is 0 Å². The highest BCUT2D eigenvalue weighted by Crippen LogP contribution is 2.34. The third-order valence-corrected chi connectivity index (χ3v) is 2.84. The Labute approximate surface area is 98.8 Å². The molecule has 1 aromatic rings. The van der Waals surface area contributed by atoms with Gasteiger partial charge in [0.25, 0.3) is 11.7 Å². The minimum Gasteiger partial charge on any atom is -0.478 e. The molecular formula is C10H6BrNO4. The van der Waals surface area contributed by atoms with E-state index in [1.807, 2.05) is 0 Å². The van der Waals surface area contributed by atoms with E-state index < -0.39 is 17.7 Å². The van der Waals surface area contributed by atoms with E-state index in [0.717, 1.165) is 4.90 Å². The predicted molar refractivity (Wildman–Crippen MR) is 58.8 cm³/mol. The first-order chi connectivity index (χ1) is 7.43. The molecular weight excluding hydrogens is 278 g/mol. The highest BCUT2D eigenvalue weighted by Gasteiger charge is 2.37. The van der Waals surface area contributed by atoms with Gasteiger partial charge in [0.15, 0.2) is 0 Å². The van der Waals surface area contributed by atoms with Crippen LogP contribution < -0.4 is 4.90 Å². The number of Topliss-reactive ketones (excluding diaryl/α,β-unsaturated/α-hetero) is 1. The second-order valence-electron chi connectivity index (χ2n) is 3.35. The molecule has 82 valence electrons. The smallest absolute Gasteiger partial charge is 0.337 e. The maximum absolute atomic E-state index is 11.5. The Morgan fingerprint density at radius 2 is 2.00 bits per heavy atom. The van der Waals surface area contributed by atoms with Crippen LogP contribution in [0.4, 0.5) is 5.69 Å². The van der Waals surface area contributed by atoms with Gasteiger partial charge in [0.1, 0.15) is 0 Å². The molecule has 0 spiro atoms. The van der Waals surface area contributed by atoms with Crippen molar-refractivity contribution in [2.75, 3.05) is 11.9 Å². The molecule has 16 heavy (non-hydrogen) atoms. The Hall–Kier alpha value is -1.69. The summed E-state index contributed by atoms with van der Waals surface area (Å²) in [5.41, 5.74) is 0.219. The van der Waals surface area contributed by atoms with E-state index in [1.54, 1.807) is 0 Å². The fourth-order valence-corrected chi connectivity index (χ4v) is 2.12. The molecule has 0 fully saturated rings. The zero-order chi connectivity index (χ0) is 12.0. The zero-order valence-electron chi connectivity index (χ0n) is 8.15. The molecule has 5 nitrogen and oxygen atoms in total. The molecule has 1 heterocycles. The van der Waals surface area contributed by atoms with Gasteiger partial charge < -0.3 is 10.0 Å². The van der Waals surface area contributed by atoms with E-state index in [-0.39, 0.29) is 16.8 Å². The molecule has 2 rings (SSSR count). The Kier molecular flexibility index (Phi) is 2.31. The minimum atomic E-state index is -1.17. The maximum Gasteiger partial charge on any atom is 0.337 e. The summed E-state index contributed by atoms with van der Waals surface area (Å²) in [6.07, 6.45) is 0. The summed E-state index contributed by atoms with van der Waals surface area (Å²) in [4.78, 5) is 35.0. The van der Waals surface area contributed by atoms with Crippen molar-refractivity contribution in [1.29, 1.82) is 0 Å². The summed E-state index contributed by atoms with van der Waals surface area (Å²) in [7, 11) is 1.38. The van der Waals surface area contributed by atoms with Crippen molar-refractivity contribution in [2.45, 2.75) is 0 Å². The van der Waals surface area contributed by atoms with Gasteiger partial charge in [-0.3, -0.25) is 9.59 Å². The highest BCUT2D eigenvalue weighted by atomic mass is 79.9. The predicted octanol–water partition coefficient (Wildman–Crippen LogP) is 1.31. The second kappa shape index (κ2) is 3.41. The van der Waals surface area contributed by atoms with Gasteiger partial charge in [0, 0.05) is 11.5 Å². The lowest BCUT2D eigenvalue weighted by Crippen LogP contribution is -2.25. The zero-order valence-corrected chi connectivity index (χ0v) is 9.74. The van der Waals surface area contributed by atoms with E-state index in [1.165, 1.54) is 19.2 Å². The molecule has 0 aliphatic carbocycles. The van der Waals surface area contributed by atoms with E-state index in [2.05, 4.69) is 15.9 Å². The fraction of sp³-hybridized carbons (Fsp3) is 0.100. The molecule has 0 saturated heterocycles. The normalized spacial score (nSPS) is 14.2. The number of aromatic carboxylic acids is 1. The van der Waals surface area contributed by atoms with Crippen LogP contribution in [0.15, 0.2) is 16.6 Å². The van der Waals surface area contributed by atoms with Gasteiger partial charge in [-0.05, 0) is 12.1 Å². The lowest BCUT2D eigenvalue weighted by molar-refractivity contribution is -0.114. The van der Waals surface area contributed by atoms with Crippen LogP contribution in [-0.4, -0.2) is 29.8 Å². The number of nitrogens with zero attached hydrogens (tertiary/aromatic N) is 1. The lowest BCUT2D eigenvalue weighted by Gasteiger charge is -2.11. The third-order valence-electron chi connectivity index (χ3n) is 2.38. The van der Waals surface area contributed by atoms with Crippen molar-refractivity contribution < 1.29 is 19.5 Å². The van der Waals surface area contributed by atoms with Crippen LogP contribution in [0, 0.1) is 0 Å². The van der Waals surface area contributed by atoms with Gasteiger partial charge in [-0.15, -0.1) is 0 Å². The average Bonchev–Trinajstić information content (AvgIpc) is 2.43. The van der Waals surface area contributed by atoms with Crippen LogP contribution in [0.2, 0.25) is 0 Å². The number of carbonyl (C=O) groups is 3. The Morgan fingerprint density at radius 1 is 1.38 bits per heavy atom. The summed E-state index contributed by atoms with van der Waals surface area (Å²) in [5.74, 6) is -2.57. The highest BCUT2D eigenvalue weighted by molar-refractivity contribution is 9.10. The number of benzene rings is 1. The minimum absolute atomic E-state index is 0.0638. The van der Waals surface area contributed by atoms with Gasteiger partial charge >= 0.3 is 5.97 Å². The molecule has 1 aromatic carbocycles. The molecule has 0 bridgehead atoms. The quantitative estimate of drug-likeness (QED) is 0.789. The Bertz CT molecular complexity index is 538. The van der Waals surface area contributed by atoms with Crippen LogP contribution in [0.5, 0.6) is 0 Å². The lowest BCUT2D eigenvalue weighted by atomic mass is 10.1. The first kappa shape index (κ1) is 10.8. The number of amides is 1. The summed E-state index contributed by atoms with van der Waals surface area (Å²) < 4.78 is 0.458. The topological polar surface area (TPSA) is 74.7 Å². The van der Waals surface area contributed by atoms with Gasteiger partial charge in [-0.25, -0.2) is 4.79 Å². The number of likely N-dealkylation sites (N-methyl/N-ethyl adjacent to an activating group) is 1. The Balaban J connectivity index is 2.79. The number of anilines is 1. The van der Waals surface area contributed by atoms with Crippen molar-refractivity contribution in [3.63, 3.8) is 0 Å². The monoisotopic (exact) mass is 283 g/mol. The van der Waals surface area contributed by atoms with Crippen molar-refractivity contribution in [2.24, 2.45) is 0 Å². The van der Waals surface area contributed by atoms with Crippen LogP contribution in [0.25, 0.3) is 0 Å². The number of hydrogen-bond acceptors (Lipinski definition) is 3. The molecule has 1 aliphatic rings. The number of fused-ring (bicyclic) bond motifs is 1. The van der Waals surface area contributed by atoms with E-state index in [4.69, 9.17) is 5.11 Å². The summed E-state index contributed by atoms with van der Waals surface area (Å²) in [6.45, 7) is 0. The summed E-state index contributed by atoms with van der Waals surface area (Å²) in [6, 6.07) is 2.81. The molecule has 1 aliphatic heterocycles. The molecule has 6 heteroatoms. The number of carboxylic acid groups (broad SMARTS) is 1. The molecule has 0 atom stereocenters. The van der Waals surface area contributed by atoms with E-state index >= 15 is 0 Å². The molecule has 1 amide bonds. The third kappa shape index (κ3) is 1.34. The fourth-order valence-electron chi connectivity index (χ4n) is 1.67. The van der Waals surface area contributed by atoms with E-state index in [0.29, 0.717) is 4.47 Å². The van der Waals surface area contributed by atoms with Crippen LogP contribution in [0.3, 0.4) is 0 Å². The van der Waals surface area contributed by atoms with Crippen molar-refractivity contribution >= 4 is 39.3 Å². The van der Waals surface area contributed by atoms with Gasteiger partial charge in [0.05, 0.1) is 16.8 Å². The number of rotatable bonds is 1. The van der Waals surface area contributed by atoms with Crippen molar-refractivity contribution in [3.05, 3.63) is 27.7 Å². The van der Waals surface area contributed by atoms with E-state index in [9.17, 15) is 14.4 Å². The van der Waals surface area contributed by atoms with Crippen molar-refractivity contribution in [1.82, 2.24) is 0 Å². The van der Waals surface area contributed by atoms with Gasteiger partial charge in [-0.1, -0.05) is 15.9 Å². The SMILES string of the molecule is CN1C(=O)C(=O)c2cc(Br)cc(C(=O)O)c21. The number of hydrogen-bond donors (Lipinski definition) is 1. The Morgan fingerprint density at radius 3 is 2.56 bits per heavy atom. The first-order valence-corrected chi connectivity index (χ1v) is 5.12. The molecule has 0 saturated carbocycles. The first-order valence-electron chi connectivity index (χ1n) is 4.32.